The summed E-state index contributed by atoms with van der Waals surface area (Å²) >= 11 is 0. The number of nitrogens with zero attached hydrogens (tertiary/aromatic N) is 4. The second-order valence-corrected chi connectivity index (χ2v) is 2.80. The summed E-state index contributed by atoms with van der Waals surface area (Å²) in [6.45, 7) is 3.57. The van der Waals surface area contributed by atoms with Crippen molar-refractivity contribution in [3.05, 3.63) is 0 Å². The number of aliphatic hydroxyl groups excluding tert-OH is 1. The molecule has 6 heteroatoms. The maximum atomic E-state index is 9.17. The fraction of sp³-hybridized carbons (Fsp3) is 0.833. The van der Waals surface area contributed by atoms with E-state index in [-0.39, 0.29) is 6.04 Å². The largest absolute Gasteiger partial charge is 0.391 e. The molecule has 0 amide bonds. The summed E-state index contributed by atoms with van der Waals surface area (Å²) in [6.07, 6.45) is -0.429. The lowest BCUT2D eigenvalue weighted by Gasteiger charge is -2.15. The quantitative estimate of drug-likeness (QED) is 0.634. The Bertz CT molecular complexity index is 246. The van der Waals surface area contributed by atoms with E-state index in [0.29, 0.717) is 5.95 Å². The van der Waals surface area contributed by atoms with Gasteiger partial charge < -0.3 is 10.4 Å². The minimum atomic E-state index is -0.429. The summed E-state index contributed by atoms with van der Waals surface area (Å²) in [6, 6.07) is -0.0605. The van der Waals surface area contributed by atoms with Gasteiger partial charge >= 0.3 is 0 Å². The van der Waals surface area contributed by atoms with Gasteiger partial charge in [-0.05, 0) is 24.3 Å². The van der Waals surface area contributed by atoms with E-state index in [1.54, 1.807) is 14.0 Å². The number of rotatable bonds is 3. The van der Waals surface area contributed by atoms with E-state index in [0.717, 1.165) is 0 Å². The number of hydrogen-bond donors (Lipinski definition) is 2. The second kappa shape index (κ2) is 3.48. The number of aryl methyl sites for hydroxylation is 1. The zero-order valence-electron chi connectivity index (χ0n) is 7.39. The standard InChI is InChI=1S/C6H13N5O/c1-4(5(2)12)7-6-8-9-10-11(6)3/h4-5,12H,1-3H3,(H,7,8,10). The van der Waals surface area contributed by atoms with Gasteiger partial charge in [-0.15, -0.1) is 0 Å². The molecule has 68 valence electrons. The molecule has 1 rings (SSSR count). The van der Waals surface area contributed by atoms with Crippen LogP contribution in [0.3, 0.4) is 0 Å². The maximum absolute atomic E-state index is 9.17. The molecular weight excluding hydrogens is 158 g/mol. The average Bonchev–Trinajstić information content (AvgIpc) is 2.36. The van der Waals surface area contributed by atoms with E-state index in [1.165, 1.54) is 4.68 Å². The highest BCUT2D eigenvalue weighted by atomic mass is 16.3. The van der Waals surface area contributed by atoms with Gasteiger partial charge in [-0.3, -0.25) is 0 Å². The maximum Gasteiger partial charge on any atom is 0.242 e. The number of aromatic nitrogens is 4. The van der Waals surface area contributed by atoms with Crippen LogP contribution in [0, 0.1) is 0 Å². The Morgan fingerprint density at radius 1 is 1.50 bits per heavy atom. The summed E-state index contributed by atoms with van der Waals surface area (Å²) in [7, 11) is 1.73. The molecule has 0 aliphatic carbocycles. The van der Waals surface area contributed by atoms with E-state index in [1.807, 2.05) is 6.92 Å². The van der Waals surface area contributed by atoms with Crippen LogP contribution in [-0.4, -0.2) is 37.5 Å². The normalized spacial score (nSPS) is 15.7. The third kappa shape index (κ3) is 1.91. The van der Waals surface area contributed by atoms with Gasteiger partial charge in [0.05, 0.1) is 12.1 Å². The highest BCUT2D eigenvalue weighted by Gasteiger charge is 2.10. The number of aliphatic hydroxyl groups is 1. The van der Waals surface area contributed by atoms with Crippen LogP contribution in [0.2, 0.25) is 0 Å². The Balaban J connectivity index is 2.58. The molecular formula is C6H13N5O. The molecule has 0 saturated carbocycles. The van der Waals surface area contributed by atoms with Gasteiger partial charge in [0, 0.05) is 7.05 Å². The number of hydrogen-bond acceptors (Lipinski definition) is 5. The molecule has 0 aliphatic heterocycles. The van der Waals surface area contributed by atoms with Crippen LogP contribution in [0.4, 0.5) is 5.95 Å². The van der Waals surface area contributed by atoms with Crippen LogP contribution < -0.4 is 5.32 Å². The Labute approximate surface area is 70.6 Å². The molecule has 0 spiro atoms. The summed E-state index contributed by atoms with van der Waals surface area (Å²) in [5.74, 6) is 0.559. The molecule has 0 aromatic carbocycles. The van der Waals surface area contributed by atoms with Crippen molar-refractivity contribution in [2.75, 3.05) is 5.32 Å². The summed E-state index contributed by atoms with van der Waals surface area (Å²) in [5.41, 5.74) is 0. The first-order valence-corrected chi connectivity index (χ1v) is 3.78. The first-order valence-electron chi connectivity index (χ1n) is 3.78. The predicted molar refractivity (Wildman–Crippen MR) is 43.6 cm³/mol. The van der Waals surface area contributed by atoms with Crippen LogP contribution in [0.25, 0.3) is 0 Å². The van der Waals surface area contributed by atoms with E-state index in [2.05, 4.69) is 20.8 Å². The molecule has 2 unspecified atom stereocenters. The monoisotopic (exact) mass is 171 g/mol. The van der Waals surface area contributed by atoms with Gasteiger partial charge in [0.25, 0.3) is 0 Å². The van der Waals surface area contributed by atoms with Gasteiger partial charge in [0.1, 0.15) is 0 Å². The predicted octanol–water partition coefficient (Wildman–Crippen LogP) is -0.609. The third-order valence-electron chi connectivity index (χ3n) is 1.70. The van der Waals surface area contributed by atoms with Crippen molar-refractivity contribution in [1.82, 2.24) is 20.2 Å². The zero-order valence-corrected chi connectivity index (χ0v) is 7.39. The number of tetrazole rings is 1. The molecule has 0 radical (unpaired) electrons. The smallest absolute Gasteiger partial charge is 0.242 e. The Kier molecular flexibility index (Phi) is 2.59. The first kappa shape index (κ1) is 8.92. The minimum absolute atomic E-state index is 0.0605. The molecule has 1 aromatic heterocycles. The molecule has 1 heterocycles. The molecule has 0 saturated heterocycles. The second-order valence-electron chi connectivity index (χ2n) is 2.80. The zero-order chi connectivity index (χ0) is 9.14. The highest BCUT2D eigenvalue weighted by Crippen LogP contribution is 2.01. The van der Waals surface area contributed by atoms with Gasteiger partial charge in [-0.1, -0.05) is 5.10 Å². The van der Waals surface area contributed by atoms with Gasteiger partial charge in [0.2, 0.25) is 5.95 Å². The summed E-state index contributed by atoms with van der Waals surface area (Å²) in [5, 5.41) is 22.9. The molecule has 0 bridgehead atoms. The van der Waals surface area contributed by atoms with Crippen LogP contribution in [-0.2, 0) is 7.05 Å². The van der Waals surface area contributed by atoms with Gasteiger partial charge in [-0.25, -0.2) is 4.68 Å². The van der Waals surface area contributed by atoms with Crippen molar-refractivity contribution in [3.8, 4) is 0 Å². The topological polar surface area (TPSA) is 75.9 Å². The minimum Gasteiger partial charge on any atom is -0.391 e. The SMILES string of the molecule is CC(O)C(C)Nc1nnnn1C. The fourth-order valence-corrected chi connectivity index (χ4v) is 0.676. The molecule has 12 heavy (non-hydrogen) atoms. The van der Waals surface area contributed by atoms with Crippen LogP contribution >= 0.6 is 0 Å². The van der Waals surface area contributed by atoms with E-state index >= 15 is 0 Å². The molecule has 2 atom stereocenters. The van der Waals surface area contributed by atoms with Gasteiger partial charge in [0.15, 0.2) is 0 Å². The molecule has 2 N–H and O–H groups in total. The Hall–Kier alpha value is -1.17. The number of anilines is 1. The van der Waals surface area contributed by atoms with Crippen molar-refractivity contribution in [1.29, 1.82) is 0 Å². The van der Waals surface area contributed by atoms with Crippen LogP contribution in [0.15, 0.2) is 0 Å². The summed E-state index contributed by atoms with van der Waals surface area (Å²) in [4.78, 5) is 0. The van der Waals surface area contributed by atoms with Crippen LogP contribution in [0.5, 0.6) is 0 Å². The van der Waals surface area contributed by atoms with Crippen molar-refractivity contribution in [3.63, 3.8) is 0 Å². The lowest BCUT2D eigenvalue weighted by atomic mass is 10.2. The first-order chi connectivity index (χ1) is 5.61. The van der Waals surface area contributed by atoms with Crippen LogP contribution in [0.1, 0.15) is 13.8 Å². The van der Waals surface area contributed by atoms with E-state index < -0.39 is 6.10 Å². The Morgan fingerprint density at radius 3 is 2.58 bits per heavy atom. The fourth-order valence-electron chi connectivity index (χ4n) is 0.676. The Morgan fingerprint density at radius 2 is 2.17 bits per heavy atom. The lowest BCUT2D eigenvalue weighted by molar-refractivity contribution is 0.177. The van der Waals surface area contributed by atoms with E-state index in [4.69, 9.17) is 0 Å². The van der Waals surface area contributed by atoms with Crippen molar-refractivity contribution >= 4 is 5.95 Å². The third-order valence-corrected chi connectivity index (χ3v) is 1.70. The lowest BCUT2D eigenvalue weighted by Crippen LogP contribution is -2.29. The molecule has 0 aliphatic rings. The van der Waals surface area contributed by atoms with Crippen molar-refractivity contribution in [2.45, 2.75) is 26.0 Å². The van der Waals surface area contributed by atoms with E-state index in [9.17, 15) is 5.11 Å². The van der Waals surface area contributed by atoms with Gasteiger partial charge in [-0.2, -0.15) is 0 Å². The molecule has 6 nitrogen and oxygen atoms in total. The number of nitrogens with one attached hydrogen (secondary N) is 1. The molecule has 0 fully saturated rings. The van der Waals surface area contributed by atoms with Crippen molar-refractivity contribution in [2.24, 2.45) is 7.05 Å². The highest BCUT2D eigenvalue weighted by molar-refractivity contribution is 5.23. The average molecular weight is 171 g/mol. The molecule has 1 aromatic rings. The summed E-state index contributed by atoms with van der Waals surface area (Å²) < 4.78 is 1.51. The van der Waals surface area contributed by atoms with Crippen molar-refractivity contribution < 1.29 is 5.11 Å².